The van der Waals surface area contributed by atoms with E-state index in [2.05, 4.69) is 25.3 Å². The fraction of sp³-hybridized carbons (Fsp3) is 0.368. The molecule has 26 heavy (non-hydrogen) atoms. The number of aryl methyl sites for hydroxylation is 1. The van der Waals surface area contributed by atoms with E-state index in [1.165, 1.54) is 0 Å². The van der Waals surface area contributed by atoms with Crippen LogP contribution in [0.4, 0.5) is 5.82 Å². The molecule has 1 fully saturated rings. The smallest absolute Gasteiger partial charge is 0.253 e. The third-order valence-electron chi connectivity index (χ3n) is 5.03. The summed E-state index contributed by atoms with van der Waals surface area (Å²) >= 11 is 0. The van der Waals surface area contributed by atoms with Crippen LogP contribution in [0.3, 0.4) is 0 Å². The molecule has 4 rings (SSSR count). The number of amides is 1. The number of H-pyrrole nitrogens is 1. The van der Waals surface area contributed by atoms with Gasteiger partial charge in [0.25, 0.3) is 5.91 Å². The van der Waals surface area contributed by atoms with Gasteiger partial charge in [-0.05, 0) is 50.1 Å². The summed E-state index contributed by atoms with van der Waals surface area (Å²) in [5.41, 5.74) is 3.12. The molecule has 3 heterocycles. The van der Waals surface area contributed by atoms with E-state index in [1.54, 1.807) is 6.07 Å². The lowest BCUT2D eigenvalue weighted by Gasteiger charge is -2.38. The Balaban J connectivity index is 1.51. The Hall–Kier alpha value is -2.96. The van der Waals surface area contributed by atoms with Crippen LogP contribution in [0.5, 0.6) is 0 Å². The third-order valence-corrected chi connectivity index (χ3v) is 5.03. The number of nitrogens with one attached hydrogen (secondary N) is 1. The van der Waals surface area contributed by atoms with E-state index in [9.17, 15) is 4.79 Å². The number of fused-ring (bicyclic) bond motifs is 1. The quantitative estimate of drug-likeness (QED) is 0.785. The molecule has 1 amide bonds. The number of anilines is 1. The lowest BCUT2D eigenvalue weighted by Crippen LogP contribution is -2.48. The highest BCUT2D eigenvalue weighted by atomic mass is 16.2. The Kier molecular flexibility index (Phi) is 4.28. The van der Waals surface area contributed by atoms with Crippen molar-refractivity contribution in [3.05, 3.63) is 47.7 Å². The van der Waals surface area contributed by atoms with Gasteiger partial charge in [0.05, 0.1) is 0 Å². The summed E-state index contributed by atoms with van der Waals surface area (Å²) in [5.74, 6) is 0.999. The van der Waals surface area contributed by atoms with Crippen LogP contribution in [0, 0.1) is 6.92 Å². The largest absolute Gasteiger partial charge is 0.355 e. The molecule has 0 spiro atoms. The predicted octanol–water partition coefficient (Wildman–Crippen LogP) is 2.40. The van der Waals surface area contributed by atoms with E-state index in [-0.39, 0.29) is 11.9 Å². The number of aromatic amines is 1. The molecule has 2 aromatic heterocycles. The number of carbonyl (C=O) groups is 1. The van der Waals surface area contributed by atoms with Gasteiger partial charge in [-0.2, -0.15) is 15.4 Å². The zero-order valence-electron chi connectivity index (χ0n) is 15.0. The second kappa shape index (κ2) is 6.74. The SMILES string of the molecule is Cc1cccc(N2CCC[C@H](N(C)C(=O)c3ccc4n[nH]nc4c3)C2)n1. The second-order valence-electron chi connectivity index (χ2n) is 6.82. The summed E-state index contributed by atoms with van der Waals surface area (Å²) in [6.07, 6.45) is 2.04. The first kappa shape index (κ1) is 16.5. The molecule has 1 saturated heterocycles. The number of hydrogen-bond acceptors (Lipinski definition) is 5. The van der Waals surface area contributed by atoms with Crippen molar-refractivity contribution in [1.29, 1.82) is 0 Å². The van der Waals surface area contributed by atoms with Crippen molar-refractivity contribution < 1.29 is 4.79 Å². The van der Waals surface area contributed by atoms with Gasteiger partial charge in [-0.15, -0.1) is 0 Å². The molecule has 1 aliphatic heterocycles. The molecule has 0 radical (unpaired) electrons. The molecule has 0 aliphatic carbocycles. The van der Waals surface area contributed by atoms with Gasteiger partial charge in [-0.1, -0.05) is 6.07 Å². The van der Waals surface area contributed by atoms with Crippen LogP contribution in [0.15, 0.2) is 36.4 Å². The Morgan fingerprint density at radius 3 is 2.92 bits per heavy atom. The molecule has 134 valence electrons. The van der Waals surface area contributed by atoms with Crippen molar-refractivity contribution in [2.45, 2.75) is 25.8 Å². The van der Waals surface area contributed by atoms with Crippen LogP contribution in [0.2, 0.25) is 0 Å². The highest BCUT2D eigenvalue weighted by Crippen LogP contribution is 2.22. The average molecular weight is 350 g/mol. The molecular formula is C19H22N6O. The first-order chi connectivity index (χ1) is 12.6. The molecule has 3 aromatic rings. The number of aromatic nitrogens is 4. The molecule has 1 atom stereocenters. The molecule has 0 unspecified atom stereocenters. The minimum Gasteiger partial charge on any atom is -0.355 e. The Morgan fingerprint density at radius 2 is 2.08 bits per heavy atom. The van der Waals surface area contributed by atoms with Crippen molar-refractivity contribution in [3.8, 4) is 0 Å². The normalized spacial score (nSPS) is 17.5. The molecule has 7 heteroatoms. The first-order valence-electron chi connectivity index (χ1n) is 8.88. The summed E-state index contributed by atoms with van der Waals surface area (Å²) in [5, 5.41) is 10.7. The number of likely N-dealkylation sites (N-methyl/N-ethyl adjacent to an activating group) is 1. The summed E-state index contributed by atoms with van der Waals surface area (Å²) < 4.78 is 0. The lowest BCUT2D eigenvalue weighted by molar-refractivity contribution is 0.0717. The van der Waals surface area contributed by atoms with Gasteiger partial charge in [-0.25, -0.2) is 4.98 Å². The minimum atomic E-state index is 0.0129. The first-order valence-corrected chi connectivity index (χ1v) is 8.88. The highest BCUT2D eigenvalue weighted by molar-refractivity contribution is 5.97. The van der Waals surface area contributed by atoms with Gasteiger partial charge >= 0.3 is 0 Å². The number of pyridine rings is 1. The van der Waals surface area contributed by atoms with Crippen molar-refractivity contribution in [2.75, 3.05) is 25.0 Å². The number of hydrogen-bond donors (Lipinski definition) is 1. The molecule has 0 saturated carbocycles. The fourth-order valence-electron chi connectivity index (χ4n) is 3.53. The van der Waals surface area contributed by atoms with Crippen molar-refractivity contribution in [1.82, 2.24) is 25.3 Å². The number of benzene rings is 1. The number of carbonyl (C=O) groups excluding carboxylic acids is 1. The van der Waals surface area contributed by atoms with Gasteiger partial charge in [0, 0.05) is 37.4 Å². The molecule has 7 nitrogen and oxygen atoms in total. The number of rotatable bonds is 3. The number of piperidine rings is 1. The van der Waals surface area contributed by atoms with Gasteiger partial charge in [0.2, 0.25) is 0 Å². The summed E-state index contributed by atoms with van der Waals surface area (Å²) in [4.78, 5) is 21.7. The van der Waals surface area contributed by atoms with Crippen LogP contribution in [-0.2, 0) is 0 Å². The summed E-state index contributed by atoms with van der Waals surface area (Å²) in [6, 6.07) is 11.7. The van der Waals surface area contributed by atoms with Crippen LogP contribution >= 0.6 is 0 Å². The monoisotopic (exact) mass is 350 g/mol. The maximum Gasteiger partial charge on any atom is 0.253 e. The second-order valence-corrected chi connectivity index (χ2v) is 6.82. The highest BCUT2D eigenvalue weighted by Gasteiger charge is 2.27. The number of nitrogens with zero attached hydrogens (tertiary/aromatic N) is 5. The lowest BCUT2D eigenvalue weighted by atomic mass is 10.0. The predicted molar refractivity (Wildman–Crippen MR) is 100 cm³/mol. The summed E-state index contributed by atoms with van der Waals surface area (Å²) in [7, 11) is 1.88. The van der Waals surface area contributed by atoms with E-state index in [0.717, 1.165) is 43.0 Å². The molecular weight excluding hydrogens is 328 g/mol. The van der Waals surface area contributed by atoms with Crippen LogP contribution in [0.1, 0.15) is 28.9 Å². The van der Waals surface area contributed by atoms with Crippen molar-refractivity contribution >= 4 is 22.8 Å². The topological polar surface area (TPSA) is 78.0 Å². The van der Waals surface area contributed by atoms with Crippen LogP contribution < -0.4 is 4.90 Å². The van der Waals surface area contributed by atoms with Gasteiger partial charge in [0.1, 0.15) is 16.9 Å². The van der Waals surface area contributed by atoms with Gasteiger partial charge in [-0.3, -0.25) is 4.79 Å². The third kappa shape index (κ3) is 3.12. The van der Waals surface area contributed by atoms with Crippen molar-refractivity contribution in [2.24, 2.45) is 0 Å². The van der Waals surface area contributed by atoms with Gasteiger partial charge < -0.3 is 9.80 Å². The molecule has 1 aromatic carbocycles. The maximum atomic E-state index is 12.9. The molecule has 1 aliphatic rings. The fourth-order valence-corrected chi connectivity index (χ4v) is 3.53. The Bertz CT molecular complexity index is 936. The Morgan fingerprint density at radius 1 is 1.23 bits per heavy atom. The van der Waals surface area contributed by atoms with Crippen molar-refractivity contribution in [3.63, 3.8) is 0 Å². The molecule has 1 N–H and O–H groups in total. The van der Waals surface area contributed by atoms with Crippen LogP contribution in [0.25, 0.3) is 11.0 Å². The van der Waals surface area contributed by atoms with E-state index in [1.807, 2.05) is 49.2 Å². The van der Waals surface area contributed by atoms with E-state index < -0.39 is 0 Å². The Labute approximate surface area is 152 Å². The zero-order valence-corrected chi connectivity index (χ0v) is 15.0. The zero-order chi connectivity index (χ0) is 18.1. The maximum absolute atomic E-state index is 12.9. The van der Waals surface area contributed by atoms with Crippen LogP contribution in [-0.4, -0.2) is 57.4 Å². The molecule has 0 bridgehead atoms. The summed E-state index contributed by atoms with van der Waals surface area (Å²) in [6.45, 7) is 3.77. The van der Waals surface area contributed by atoms with E-state index in [0.29, 0.717) is 11.1 Å². The van der Waals surface area contributed by atoms with Gasteiger partial charge in [0.15, 0.2) is 0 Å². The van der Waals surface area contributed by atoms with E-state index >= 15 is 0 Å². The average Bonchev–Trinajstić information content (AvgIpc) is 3.14. The minimum absolute atomic E-state index is 0.0129. The van der Waals surface area contributed by atoms with E-state index in [4.69, 9.17) is 0 Å². The standard InChI is InChI=1S/C19H22N6O/c1-13-5-3-7-18(20-13)25-10-4-6-15(12-25)24(2)19(26)14-8-9-16-17(11-14)22-23-21-16/h3,5,7-9,11,15H,4,6,10,12H2,1-2H3,(H,21,22,23)/t15-/m0/s1.